The van der Waals surface area contributed by atoms with E-state index in [9.17, 15) is 9.18 Å². The molecule has 1 atom stereocenters. The molecule has 33 heavy (non-hydrogen) atoms. The molecule has 174 valence electrons. The predicted octanol–water partition coefficient (Wildman–Crippen LogP) is 3.20. The smallest absolute Gasteiger partial charge is 0.247 e. The Morgan fingerprint density at radius 2 is 2.06 bits per heavy atom. The molecule has 1 unspecified atom stereocenters. The second-order valence-electron chi connectivity index (χ2n) is 8.49. The molecule has 4 rings (SSSR count). The molecule has 0 fully saturated rings. The third kappa shape index (κ3) is 4.59. The number of likely N-dealkylation sites (N-methyl/N-ethyl adjacent to an activating group) is 1. The van der Waals surface area contributed by atoms with Crippen molar-refractivity contribution in [3.05, 3.63) is 53.2 Å². The first kappa shape index (κ1) is 22.5. The Balaban J connectivity index is 1.45. The summed E-state index contributed by atoms with van der Waals surface area (Å²) in [7, 11) is 3.32. The van der Waals surface area contributed by atoms with Crippen molar-refractivity contribution in [1.82, 2.24) is 19.7 Å². The molecule has 0 radical (unpaired) electrons. The summed E-state index contributed by atoms with van der Waals surface area (Å²) in [5.74, 6) is 1.08. The first-order chi connectivity index (χ1) is 15.8. The molecule has 1 amide bonds. The summed E-state index contributed by atoms with van der Waals surface area (Å²) >= 11 is 0. The summed E-state index contributed by atoms with van der Waals surface area (Å²) in [5, 5.41) is 10.5. The average molecular weight is 454 g/mol. The molecule has 10 heteroatoms. The van der Waals surface area contributed by atoms with Crippen molar-refractivity contribution in [2.45, 2.75) is 39.9 Å². The number of hydrogen-bond donors (Lipinski definition) is 2. The van der Waals surface area contributed by atoms with Gasteiger partial charge in [0, 0.05) is 25.4 Å². The zero-order valence-corrected chi connectivity index (χ0v) is 19.4. The highest BCUT2D eigenvalue weighted by Gasteiger charge is 2.35. The number of amides is 1. The van der Waals surface area contributed by atoms with E-state index in [-0.39, 0.29) is 23.6 Å². The number of anilines is 3. The van der Waals surface area contributed by atoms with Gasteiger partial charge in [-0.1, -0.05) is 19.9 Å². The van der Waals surface area contributed by atoms with Gasteiger partial charge in [-0.2, -0.15) is 10.1 Å². The molecule has 9 nitrogen and oxygen atoms in total. The number of benzene rings is 1. The number of halogens is 1. The van der Waals surface area contributed by atoms with Crippen LogP contribution in [0.5, 0.6) is 5.75 Å². The number of methoxy groups -OCH3 is 1. The fourth-order valence-electron chi connectivity index (χ4n) is 4.05. The number of hydrogen-bond acceptors (Lipinski definition) is 7. The summed E-state index contributed by atoms with van der Waals surface area (Å²) in [5.41, 5.74) is 3.06. The van der Waals surface area contributed by atoms with Gasteiger partial charge in [0.15, 0.2) is 17.4 Å². The molecule has 0 aliphatic carbocycles. The highest BCUT2D eigenvalue weighted by molar-refractivity contribution is 6.03. The number of ether oxygens (including phenoxy) is 1. The largest absolute Gasteiger partial charge is 0.494 e. The molecular weight excluding hydrogens is 425 g/mol. The van der Waals surface area contributed by atoms with E-state index in [0.717, 1.165) is 11.1 Å². The number of aromatic nitrogens is 4. The molecule has 1 aromatic carbocycles. The van der Waals surface area contributed by atoms with Crippen LogP contribution >= 0.6 is 0 Å². The van der Waals surface area contributed by atoms with Gasteiger partial charge in [0.25, 0.3) is 0 Å². The van der Waals surface area contributed by atoms with Crippen LogP contribution in [0.3, 0.4) is 0 Å². The molecule has 0 saturated heterocycles. The minimum Gasteiger partial charge on any atom is -0.494 e. The number of nitrogens with one attached hydrogen (secondary N) is 2. The van der Waals surface area contributed by atoms with Crippen LogP contribution in [0.25, 0.3) is 0 Å². The third-order valence-electron chi connectivity index (χ3n) is 5.67. The minimum absolute atomic E-state index is 0.0448. The van der Waals surface area contributed by atoms with E-state index in [2.05, 4.69) is 25.7 Å². The highest BCUT2D eigenvalue weighted by Crippen LogP contribution is 2.34. The van der Waals surface area contributed by atoms with Crippen LogP contribution in [0.1, 0.15) is 30.7 Å². The summed E-state index contributed by atoms with van der Waals surface area (Å²) in [6.45, 7) is 6.78. The Labute approximate surface area is 192 Å². The molecule has 2 aromatic heterocycles. The number of aryl methyl sites for hydroxylation is 1. The van der Waals surface area contributed by atoms with E-state index in [0.29, 0.717) is 36.2 Å². The van der Waals surface area contributed by atoms with Gasteiger partial charge < -0.3 is 20.3 Å². The standard InChI is InChI=1S/C23H28FN7O2/c1-13(2)20-22(32)28-19-14(3)27-23(29-21(19)30(20)4)25-9-16-10-26-31(12-16)11-15-6-7-18(33-5)17(24)8-15/h6-8,10,12-13,20H,9,11H2,1-5H3,(H,28,32)(H,25,27,29). The lowest BCUT2D eigenvalue weighted by Crippen LogP contribution is -2.49. The van der Waals surface area contributed by atoms with E-state index in [1.54, 1.807) is 16.9 Å². The van der Waals surface area contributed by atoms with Crippen LogP contribution in [0.4, 0.5) is 21.8 Å². The molecule has 0 saturated carbocycles. The first-order valence-electron chi connectivity index (χ1n) is 10.8. The third-order valence-corrected chi connectivity index (χ3v) is 5.67. The number of carbonyl (C=O) groups excluding carboxylic acids is 1. The average Bonchev–Trinajstić information content (AvgIpc) is 3.20. The Kier molecular flexibility index (Phi) is 6.17. The van der Waals surface area contributed by atoms with E-state index in [1.807, 2.05) is 45.0 Å². The first-order valence-corrected chi connectivity index (χ1v) is 10.8. The fourth-order valence-corrected chi connectivity index (χ4v) is 4.05. The molecule has 3 aromatic rings. The Bertz CT molecular complexity index is 1180. The lowest BCUT2D eigenvalue weighted by molar-refractivity contribution is -0.118. The van der Waals surface area contributed by atoms with Crippen LogP contribution in [0.15, 0.2) is 30.6 Å². The maximum atomic E-state index is 13.9. The van der Waals surface area contributed by atoms with Gasteiger partial charge in [0.1, 0.15) is 11.7 Å². The van der Waals surface area contributed by atoms with Crippen molar-refractivity contribution in [3.8, 4) is 5.75 Å². The molecule has 1 aliphatic rings. The van der Waals surface area contributed by atoms with Crippen LogP contribution < -0.4 is 20.3 Å². The number of nitrogens with zero attached hydrogens (tertiary/aromatic N) is 5. The van der Waals surface area contributed by atoms with Crippen molar-refractivity contribution < 1.29 is 13.9 Å². The van der Waals surface area contributed by atoms with Crippen molar-refractivity contribution in [1.29, 1.82) is 0 Å². The minimum atomic E-state index is -0.398. The number of fused-ring (bicyclic) bond motifs is 1. The van der Waals surface area contributed by atoms with Gasteiger partial charge in [0.05, 0.1) is 25.5 Å². The quantitative estimate of drug-likeness (QED) is 0.567. The lowest BCUT2D eigenvalue weighted by atomic mass is 9.99. The SMILES string of the molecule is COc1ccc(Cn2cc(CNc3nc(C)c4c(n3)N(C)C(C(C)C)C(=O)N4)cn2)cc1F. The van der Waals surface area contributed by atoms with E-state index >= 15 is 0 Å². The zero-order chi connectivity index (χ0) is 23.7. The molecule has 1 aliphatic heterocycles. The monoisotopic (exact) mass is 453 g/mol. The maximum Gasteiger partial charge on any atom is 0.247 e. The van der Waals surface area contributed by atoms with Crippen molar-refractivity contribution in [2.75, 3.05) is 29.7 Å². The Morgan fingerprint density at radius 1 is 1.27 bits per heavy atom. The van der Waals surface area contributed by atoms with Gasteiger partial charge in [-0.25, -0.2) is 9.37 Å². The summed E-state index contributed by atoms with van der Waals surface area (Å²) < 4.78 is 20.6. The Hall–Kier alpha value is -3.69. The van der Waals surface area contributed by atoms with Crippen molar-refractivity contribution in [3.63, 3.8) is 0 Å². The molecule has 0 spiro atoms. The Morgan fingerprint density at radius 3 is 2.76 bits per heavy atom. The maximum absolute atomic E-state index is 13.9. The van der Waals surface area contributed by atoms with E-state index in [1.165, 1.54) is 13.2 Å². The van der Waals surface area contributed by atoms with E-state index in [4.69, 9.17) is 4.74 Å². The van der Waals surface area contributed by atoms with Crippen LogP contribution in [-0.4, -0.2) is 45.9 Å². The number of rotatable bonds is 7. The van der Waals surface area contributed by atoms with Crippen molar-refractivity contribution >= 4 is 23.4 Å². The van der Waals surface area contributed by atoms with Crippen LogP contribution in [0.2, 0.25) is 0 Å². The highest BCUT2D eigenvalue weighted by atomic mass is 19.1. The van der Waals surface area contributed by atoms with Gasteiger partial charge in [-0.3, -0.25) is 9.48 Å². The normalized spacial score (nSPS) is 15.4. The number of carbonyl (C=O) groups is 1. The lowest BCUT2D eigenvalue weighted by Gasteiger charge is -2.36. The zero-order valence-electron chi connectivity index (χ0n) is 19.4. The molecule has 3 heterocycles. The van der Waals surface area contributed by atoms with Crippen LogP contribution in [0, 0.1) is 18.7 Å². The molecule has 2 N–H and O–H groups in total. The molecular formula is C23H28FN7O2. The van der Waals surface area contributed by atoms with Gasteiger partial charge in [-0.05, 0) is 30.5 Å². The summed E-state index contributed by atoms with van der Waals surface area (Å²) in [4.78, 5) is 23.5. The fraction of sp³-hybridized carbons (Fsp3) is 0.391. The summed E-state index contributed by atoms with van der Waals surface area (Å²) in [6, 6.07) is 4.57. The second-order valence-corrected chi connectivity index (χ2v) is 8.49. The van der Waals surface area contributed by atoms with Gasteiger partial charge >= 0.3 is 0 Å². The van der Waals surface area contributed by atoms with Gasteiger partial charge in [-0.15, -0.1) is 0 Å². The second kappa shape index (κ2) is 9.05. The molecule has 0 bridgehead atoms. The van der Waals surface area contributed by atoms with Crippen LogP contribution in [-0.2, 0) is 17.9 Å². The van der Waals surface area contributed by atoms with E-state index < -0.39 is 5.82 Å². The topological polar surface area (TPSA) is 97.2 Å². The van der Waals surface area contributed by atoms with Crippen molar-refractivity contribution in [2.24, 2.45) is 5.92 Å². The van der Waals surface area contributed by atoms with Gasteiger partial charge in [0.2, 0.25) is 11.9 Å². The summed E-state index contributed by atoms with van der Waals surface area (Å²) in [6.07, 6.45) is 3.64. The predicted molar refractivity (Wildman–Crippen MR) is 124 cm³/mol.